The van der Waals surface area contributed by atoms with Gasteiger partial charge >= 0.3 is 0 Å². The molecule has 0 atom stereocenters. The van der Waals surface area contributed by atoms with E-state index in [1.54, 1.807) is 36.4 Å². The van der Waals surface area contributed by atoms with Crippen LogP contribution in [0.5, 0.6) is 5.75 Å². The lowest BCUT2D eigenvalue weighted by Crippen LogP contribution is -2.40. The molecule has 184 valence electrons. The summed E-state index contributed by atoms with van der Waals surface area (Å²) in [5, 5.41) is 4.00. The van der Waals surface area contributed by atoms with Crippen molar-refractivity contribution in [3.05, 3.63) is 89.5 Å². The van der Waals surface area contributed by atoms with E-state index >= 15 is 0 Å². The molecule has 0 radical (unpaired) electrons. The van der Waals surface area contributed by atoms with Gasteiger partial charge in [0.25, 0.3) is 15.9 Å². The van der Waals surface area contributed by atoms with Gasteiger partial charge in [-0.25, -0.2) is 13.8 Å². The minimum Gasteiger partial charge on any atom is -0.491 e. The molecule has 35 heavy (non-hydrogen) atoms. The van der Waals surface area contributed by atoms with Crippen LogP contribution in [0.25, 0.3) is 0 Å². The molecule has 1 N–H and O–H groups in total. The molecule has 0 spiro atoms. The molecule has 3 aromatic rings. The number of sulfonamides is 1. The Hall–Kier alpha value is -3.65. The Morgan fingerprint density at radius 1 is 1.03 bits per heavy atom. The van der Waals surface area contributed by atoms with Crippen LogP contribution in [0.3, 0.4) is 0 Å². The van der Waals surface area contributed by atoms with E-state index in [9.17, 15) is 13.2 Å². The molecular formula is C27H31N3O4S. The Kier molecular flexibility index (Phi) is 8.65. The number of hydrazone groups is 1. The molecule has 0 fully saturated rings. The molecule has 0 aliphatic rings. The third-order valence-corrected chi connectivity index (χ3v) is 6.97. The van der Waals surface area contributed by atoms with E-state index in [-0.39, 0.29) is 11.0 Å². The Morgan fingerprint density at radius 2 is 1.69 bits per heavy atom. The number of hydrogen-bond donors (Lipinski definition) is 1. The third-order valence-electron chi connectivity index (χ3n) is 5.19. The summed E-state index contributed by atoms with van der Waals surface area (Å²) in [4.78, 5) is 12.9. The minimum absolute atomic E-state index is 0.0748. The summed E-state index contributed by atoms with van der Waals surface area (Å²) in [5.41, 5.74) is 5.44. The molecule has 0 aliphatic heterocycles. The number of hydrogen-bond acceptors (Lipinski definition) is 5. The molecule has 0 aliphatic carbocycles. The summed E-state index contributed by atoms with van der Waals surface area (Å²) in [7, 11) is -3.98. The number of carbonyl (C=O) groups is 1. The minimum atomic E-state index is -3.98. The highest BCUT2D eigenvalue weighted by atomic mass is 32.2. The Labute approximate surface area is 207 Å². The number of benzene rings is 3. The van der Waals surface area contributed by atoms with Gasteiger partial charge in [-0.3, -0.25) is 9.10 Å². The van der Waals surface area contributed by atoms with E-state index in [1.165, 1.54) is 6.21 Å². The van der Waals surface area contributed by atoms with Gasteiger partial charge in [-0.1, -0.05) is 42.8 Å². The second-order valence-electron chi connectivity index (χ2n) is 8.34. The zero-order valence-corrected chi connectivity index (χ0v) is 21.2. The third kappa shape index (κ3) is 6.93. The maximum Gasteiger partial charge on any atom is 0.264 e. The van der Waals surface area contributed by atoms with Crippen molar-refractivity contribution < 1.29 is 17.9 Å². The normalized spacial score (nSPS) is 11.6. The van der Waals surface area contributed by atoms with Crippen molar-refractivity contribution in [3.8, 4) is 5.75 Å². The molecule has 0 heterocycles. The number of rotatable bonds is 10. The van der Waals surface area contributed by atoms with Crippen LogP contribution in [0.4, 0.5) is 5.69 Å². The summed E-state index contributed by atoms with van der Waals surface area (Å²) in [6.07, 6.45) is 2.19. The molecular weight excluding hydrogens is 462 g/mol. The lowest BCUT2D eigenvalue weighted by Gasteiger charge is -2.25. The van der Waals surface area contributed by atoms with Crippen LogP contribution in [0, 0.1) is 6.92 Å². The van der Waals surface area contributed by atoms with Crippen LogP contribution < -0.4 is 14.5 Å². The second kappa shape index (κ2) is 11.7. The first-order valence-electron chi connectivity index (χ1n) is 11.5. The number of anilines is 1. The number of aryl methyl sites for hydroxylation is 2. The van der Waals surface area contributed by atoms with Crippen LogP contribution in [-0.2, 0) is 21.2 Å². The highest BCUT2D eigenvalue weighted by molar-refractivity contribution is 7.92. The van der Waals surface area contributed by atoms with Gasteiger partial charge in [0.1, 0.15) is 12.3 Å². The van der Waals surface area contributed by atoms with Crippen LogP contribution in [0.1, 0.15) is 37.5 Å². The van der Waals surface area contributed by atoms with Crippen molar-refractivity contribution in [2.75, 3.05) is 10.8 Å². The summed E-state index contributed by atoms with van der Waals surface area (Å²) in [6.45, 7) is 7.32. The van der Waals surface area contributed by atoms with Gasteiger partial charge in [-0.2, -0.15) is 5.10 Å². The van der Waals surface area contributed by atoms with Gasteiger partial charge in [0, 0.05) is 0 Å². The average molecular weight is 494 g/mol. The van der Waals surface area contributed by atoms with E-state index in [4.69, 9.17) is 4.74 Å². The largest absolute Gasteiger partial charge is 0.491 e. The van der Waals surface area contributed by atoms with Crippen LogP contribution in [0.15, 0.2) is 82.8 Å². The maximum atomic E-state index is 13.5. The van der Waals surface area contributed by atoms with Crippen LogP contribution in [-0.4, -0.2) is 33.2 Å². The van der Waals surface area contributed by atoms with E-state index in [2.05, 4.69) is 10.5 Å². The van der Waals surface area contributed by atoms with Crippen molar-refractivity contribution in [2.24, 2.45) is 5.10 Å². The molecule has 3 rings (SSSR count). The highest BCUT2D eigenvalue weighted by Crippen LogP contribution is 2.27. The number of carbonyl (C=O) groups excluding carboxylic acids is 1. The van der Waals surface area contributed by atoms with Crippen molar-refractivity contribution in [3.63, 3.8) is 0 Å². The topological polar surface area (TPSA) is 88.1 Å². The second-order valence-corrected chi connectivity index (χ2v) is 10.2. The summed E-state index contributed by atoms with van der Waals surface area (Å²) in [6, 6.07) is 21.0. The van der Waals surface area contributed by atoms with Crippen molar-refractivity contribution >= 4 is 27.8 Å². The van der Waals surface area contributed by atoms with Crippen molar-refractivity contribution in [1.29, 1.82) is 0 Å². The zero-order valence-electron chi connectivity index (χ0n) is 20.4. The fourth-order valence-electron chi connectivity index (χ4n) is 3.44. The van der Waals surface area contributed by atoms with Gasteiger partial charge in [-0.05, 0) is 80.8 Å². The molecule has 7 nitrogen and oxygen atoms in total. The van der Waals surface area contributed by atoms with E-state index in [1.807, 2.05) is 64.1 Å². The average Bonchev–Trinajstić information content (AvgIpc) is 2.83. The van der Waals surface area contributed by atoms with Gasteiger partial charge < -0.3 is 4.74 Å². The molecule has 0 aromatic heterocycles. The van der Waals surface area contributed by atoms with Gasteiger partial charge in [-0.15, -0.1) is 0 Å². The Morgan fingerprint density at radius 3 is 2.31 bits per heavy atom. The number of para-hydroxylation sites is 1. The maximum absolute atomic E-state index is 13.5. The number of nitrogens with zero attached hydrogens (tertiary/aromatic N) is 2. The number of ether oxygens (including phenoxy) is 1. The first-order chi connectivity index (χ1) is 16.7. The zero-order chi connectivity index (χ0) is 25.4. The predicted molar refractivity (Wildman–Crippen MR) is 139 cm³/mol. The Bertz CT molecular complexity index is 1270. The summed E-state index contributed by atoms with van der Waals surface area (Å²) in [5.74, 6) is 0.190. The predicted octanol–water partition coefficient (Wildman–Crippen LogP) is 4.69. The van der Waals surface area contributed by atoms with Gasteiger partial charge in [0.15, 0.2) is 0 Å². The molecule has 8 heteroatoms. The quantitative estimate of drug-likeness (QED) is 0.328. The summed E-state index contributed by atoms with van der Waals surface area (Å²) >= 11 is 0. The lowest BCUT2D eigenvalue weighted by atomic mass is 10.1. The van der Waals surface area contributed by atoms with E-state index in [0.717, 1.165) is 26.7 Å². The SMILES string of the molecule is CCc1ccccc1N(CC(=O)N/N=C\c1ccc(OC(C)C)cc1)S(=O)(=O)c1ccc(C)cc1. The Balaban J connectivity index is 1.80. The molecule has 0 saturated heterocycles. The molecule has 0 bridgehead atoms. The molecule has 0 unspecified atom stereocenters. The van der Waals surface area contributed by atoms with Gasteiger partial charge in [0.2, 0.25) is 0 Å². The van der Waals surface area contributed by atoms with Crippen molar-refractivity contribution in [2.45, 2.75) is 45.1 Å². The van der Waals surface area contributed by atoms with Crippen LogP contribution >= 0.6 is 0 Å². The van der Waals surface area contributed by atoms with E-state index < -0.39 is 22.5 Å². The standard InChI is InChI=1S/C27H31N3O4S/c1-5-23-8-6-7-9-26(23)30(35(32,33)25-16-10-21(4)11-17-25)19-27(31)29-28-18-22-12-14-24(15-13-22)34-20(2)3/h6-18,20H,5,19H2,1-4H3,(H,29,31)/b28-18-. The first-order valence-corrected chi connectivity index (χ1v) is 12.9. The van der Waals surface area contributed by atoms with Crippen molar-refractivity contribution in [1.82, 2.24) is 5.43 Å². The molecule has 3 aromatic carbocycles. The number of amides is 1. The fourth-order valence-corrected chi connectivity index (χ4v) is 4.90. The first kappa shape index (κ1) is 26.0. The van der Waals surface area contributed by atoms with Gasteiger partial charge in [0.05, 0.1) is 22.9 Å². The smallest absolute Gasteiger partial charge is 0.264 e. The number of nitrogens with one attached hydrogen (secondary N) is 1. The molecule has 0 saturated carbocycles. The molecule has 1 amide bonds. The van der Waals surface area contributed by atoms with Crippen LogP contribution in [0.2, 0.25) is 0 Å². The lowest BCUT2D eigenvalue weighted by molar-refractivity contribution is -0.119. The summed E-state index contributed by atoms with van der Waals surface area (Å²) < 4.78 is 33.8. The fraction of sp³-hybridized carbons (Fsp3) is 0.259. The highest BCUT2D eigenvalue weighted by Gasteiger charge is 2.28. The van der Waals surface area contributed by atoms with E-state index in [0.29, 0.717) is 12.1 Å². The monoisotopic (exact) mass is 493 g/mol.